The van der Waals surface area contributed by atoms with Gasteiger partial charge in [0, 0.05) is 18.2 Å². The van der Waals surface area contributed by atoms with Gasteiger partial charge in [-0.25, -0.2) is 14.4 Å². The van der Waals surface area contributed by atoms with Crippen molar-refractivity contribution in [3.05, 3.63) is 130 Å². The van der Waals surface area contributed by atoms with Crippen molar-refractivity contribution in [1.82, 2.24) is 9.55 Å². The van der Waals surface area contributed by atoms with Gasteiger partial charge in [-0.1, -0.05) is 54.6 Å². The van der Waals surface area contributed by atoms with E-state index in [0.29, 0.717) is 16.7 Å². The van der Waals surface area contributed by atoms with E-state index in [4.69, 9.17) is 14.2 Å². The Bertz CT molecular complexity index is 1540. The van der Waals surface area contributed by atoms with Crippen LogP contribution in [0.15, 0.2) is 108 Å². The van der Waals surface area contributed by atoms with Gasteiger partial charge >= 0.3 is 17.6 Å². The maximum atomic E-state index is 12.9. The Hall–Kier alpha value is -5.09. The molecule has 5 rings (SSSR count). The molecule has 10 heteroatoms. The number of anilines is 1. The molecule has 202 valence electrons. The quantitative estimate of drug-likeness (QED) is 0.335. The molecule has 0 radical (unpaired) electrons. The molecule has 4 aromatic rings. The number of amides is 1. The fourth-order valence-corrected chi connectivity index (χ4v) is 4.22. The topological polar surface area (TPSA) is 126 Å². The van der Waals surface area contributed by atoms with Crippen LogP contribution in [-0.4, -0.2) is 46.2 Å². The summed E-state index contributed by atoms with van der Waals surface area (Å²) in [4.78, 5) is 54.5. The third-order valence-electron chi connectivity index (χ3n) is 6.25. The van der Waals surface area contributed by atoms with Crippen molar-refractivity contribution >= 4 is 23.7 Å². The summed E-state index contributed by atoms with van der Waals surface area (Å²) < 4.78 is 18.4. The molecule has 1 saturated heterocycles. The van der Waals surface area contributed by atoms with Crippen molar-refractivity contribution < 1.29 is 28.6 Å². The highest BCUT2D eigenvalue weighted by molar-refractivity contribution is 6.03. The van der Waals surface area contributed by atoms with Crippen LogP contribution in [0, 0.1) is 0 Å². The van der Waals surface area contributed by atoms with E-state index >= 15 is 0 Å². The lowest BCUT2D eigenvalue weighted by molar-refractivity contribution is -0.0582. The van der Waals surface area contributed by atoms with Gasteiger partial charge in [-0.3, -0.25) is 9.36 Å². The molecule has 10 nitrogen and oxygen atoms in total. The Kier molecular flexibility index (Phi) is 8.07. The van der Waals surface area contributed by atoms with Gasteiger partial charge in [-0.2, -0.15) is 4.98 Å². The number of nitrogens with one attached hydrogen (secondary N) is 1. The van der Waals surface area contributed by atoms with Gasteiger partial charge in [-0.05, 0) is 42.5 Å². The minimum atomic E-state index is -0.854. The van der Waals surface area contributed by atoms with Gasteiger partial charge in [0.25, 0.3) is 5.91 Å². The zero-order valence-electron chi connectivity index (χ0n) is 21.2. The summed E-state index contributed by atoms with van der Waals surface area (Å²) in [5.74, 6) is -1.46. The van der Waals surface area contributed by atoms with Gasteiger partial charge in [0.2, 0.25) is 0 Å². The summed E-state index contributed by atoms with van der Waals surface area (Å²) in [6.07, 6.45) is -0.952. The summed E-state index contributed by atoms with van der Waals surface area (Å²) in [6.45, 7) is -0.204. The molecular formula is C30H25N3O7. The van der Waals surface area contributed by atoms with Crippen molar-refractivity contribution in [2.24, 2.45) is 0 Å². The molecule has 1 aliphatic heterocycles. The van der Waals surface area contributed by atoms with Crippen molar-refractivity contribution in [2.75, 3.05) is 11.9 Å². The van der Waals surface area contributed by atoms with Crippen molar-refractivity contribution in [3.8, 4) is 0 Å². The average Bonchev–Trinajstić information content (AvgIpc) is 3.39. The number of hydrogen-bond donors (Lipinski definition) is 1. The third kappa shape index (κ3) is 6.30. The number of hydrogen-bond acceptors (Lipinski definition) is 8. The number of rotatable bonds is 8. The number of carbonyl (C=O) groups excluding carboxylic acids is 3. The molecule has 0 spiro atoms. The maximum Gasteiger partial charge on any atom is 0.351 e. The van der Waals surface area contributed by atoms with E-state index in [9.17, 15) is 19.2 Å². The maximum absolute atomic E-state index is 12.9. The first-order valence-electron chi connectivity index (χ1n) is 12.6. The number of ether oxygens (including phenoxy) is 3. The van der Waals surface area contributed by atoms with E-state index in [-0.39, 0.29) is 18.8 Å². The van der Waals surface area contributed by atoms with Gasteiger partial charge in [0.05, 0.1) is 11.1 Å². The van der Waals surface area contributed by atoms with Crippen LogP contribution in [0.1, 0.15) is 43.7 Å². The second-order valence-electron chi connectivity index (χ2n) is 8.96. The molecule has 1 aliphatic rings. The number of aromatic nitrogens is 2. The lowest BCUT2D eigenvalue weighted by atomic mass is 10.1. The second kappa shape index (κ2) is 12.2. The van der Waals surface area contributed by atoms with Gasteiger partial charge in [-0.15, -0.1) is 0 Å². The minimum Gasteiger partial charge on any atom is -0.459 e. The fraction of sp³-hybridized carbons (Fsp3) is 0.167. The van der Waals surface area contributed by atoms with E-state index < -0.39 is 42.0 Å². The lowest BCUT2D eigenvalue weighted by Crippen LogP contribution is -2.32. The molecule has 40 heavy (non-hydrogen) atoms. The Labute approximate surface area is 229 Å². The fourth-order valence-electron chi connectivity index (χ4n) is 4.22. The van der Waals surface area contributed by atoms with Crippen LogP contribution in [0.4, 0.5) is 5.82 Å². The largest absolute Gasteiger partial charge is 0.459 e. The Balaban J connectivity index is 1.31. The Morgan fingerprint density at radius 3 is 2.00 bits per heavy atom. The lowest BCUT2D eigenvalue weighted by Gasteiger charge is -2.19. The summed E-state index contributed by atoms with van der Waals surface area (Å²) in [7, 11) is 0. The molecule has 1 amide bonds. The molecule has 0 aliphatic carbocycles. The van der Waals surface area contributed by atoms with Crippen LogP contribution < -0.4 is 11.0 Å². The molecule has 1 N–H and O–H groups in total. The van der Waals surface area contributed by atoms with Crippen LogP contribution >= 0.6 is 0 Å². The number of nitrogens with zero attached hydrogens (tertiary/aromatic N) is 2. The Morgan fingerprint density at radius 1 is 0.825 bits per heavy atom. The number of carbonyl (C=O) groups is 3. The highest BCUT2D eigenvalue weighted by Gasteiger charge is 2.40. The minimum absolute atomic E-state index is 0.0773. The molecule has 1 fully saturated rings. The summed E-state index contributed by atoms with van der Waals surface area (Å²) in [5.41, 5.74) is 0.459. The van der Waals surface area contributed by atoms with Crippen LogP contribution in [0.3, 0.4) is 0 Å². The summed E-state index contributed by atoms with van der Waals surface area (Å²) in [6, 6.07) is 26.9. The molecule has 2 heterocycles. The average molecular weight is 540 g/mol. The smallest absolute Gasteiger partial charge is 0.351 e. The molecule has 0 unspecified atom stereocenters. The molecule has 3 aromatic carbocycles. The van der Waals surface area contributed by atoms with Crippen LogP contribution in [0.25, 0.3) is 0 Å². The Morgan fingerprint density at radius 2 is 1.40 bits per heavy atom. The van der Waals surface area contributed by atoms with Gasteiger partial charge in [0.1, 0.15) is 30.9 Å². The predicted molar refractivity (Wildman–Crippen MR) is 144 cm³/mol. The zero-order chi connectivity index (χ0) is 27.9. The highest BCUT2D eigenvalue weighted by Crippen LogP contribution is 2.31. The van der Waals surface area contributed by atoms with E-state index in [1.54, 1.807) is 91.0 Å². The monoisotopic (exact) mass is 539 g/mol. The number of benzene rings is 3. The third-order valence-corrected chi connectivity index (χ3v) is 6.25. The SMILES string of the molecule is O=C(Nc1ccn([C@H]2C[C@H](OC(=O)c3ccccc3)[C@@H](COC(=O)c3ccccc3)O2)c(=O)n1)c1ccccc1. The number of esters is 2. The van der Waals surface area contributed by atoms with E-state index in [2.05, 4.69) is 10.3 Å². The van der Waals surface area contributed by atoms with Crippen LogP contribution in [0.2, 0.25) is 0 Å². The normalized spacial score (nSPS) is 18.1. The zero-order valence-corrected chi connectivity index (χ0v) is 21.2. The van der Waals surface area contributed by atoms with Crippen LogP contribution in [0.5, 0.6) is 0 Å². The van der Waals surface area contributed by atoms with E-state index in [1.807, 2.05) is 0 Å². The summed E-state index contributed by atoms with van der Waals surface area (Å²) >= 11 is 0. The first-order valence-corrected chi connectivity index (χ1v) is 12.6. The van der Waals surface area contributed by atoms with Crippen molar-refractivity contribution in [1.29, 1.82) is 0 Å². The highest BCUT2D eigenvalue weighted by atomic mass is 16.6. The van der Waals surface area contributed by atoms with E-state index in [1.165, 1.54) is 16.8 Å². The second-order valence-corrected chi connectivity index (χ2v) is 8.96. The summed E-state index contributed by atoms with van der Waals surface area (Å²) in [5, 5.41) is 2.60. The van der Waals surface area contributed by atoms with E-state index in [0.717, 1.165) is 0 Å². The van der Waals surface area contributed by atoms with Crippen LogP contribution in [-0.2, 0) is 14.2 Å². The molecule has 0 bridgehead atoms. The molecule has 3 atom stereocenters. The van der Waals surface area contributed by atoms with Gasteiger partial charge < -0.3 is 19.5 Å². The molecular weight excluding hydrogens is 514 g/mol. The molecule has 1 aromatic heterocycles. The van der Waals surface area contributed by atoms with Crippen molar-refractivity contribution in [3.63, 3.8) is 0 Å². The first kappa shape index (κ1) is 26.5. The molecule has 0 saturated carbocycles. The predicted octanol–water partition coefficient (Wildman–Crippen LogP) is 3.87. The first-order chi connectivity index (χ1) is 19.5. The van der Waals surface area contributed by atoms with Crippen molar-refractivity contribution in [2.45, 2.75) is 24.9 Å². The standard InChI is InChI=1S/C30H25N3O7/c34-27(20-10-4-1-5-11-20)31-25-16-17-33(30(37)32-25)26-18-23(40-29(36)22-14-8-3-9-15-22)24(39-26)19-38-28(35)21-12-6-2-7-13-21/h1-17,23-24,26H,18-19H2,(H,31,32,34,37)/t23-,24+,26+/m0/s1. The van der Waals surface area contributed by atoms with Gasteiger partial charge in [0.15, 0.2) is 0 Å².